The largest absolute Gasteiger partial charge is 0.378 e. The summed E-state index contributed by atoms with van der Waals surface area (Å²) in [6.07, 6.45) is 1.64. The SMILES string of the molecule is C=C(Br)CNc1cnn(CC(C)C)c(=O)c1Br. The molecule has 1 rings (SSSR count). The van der Waals surface area contributed by atoms with Crippen LogP contribution in [0.3, 0.4) is 0 Å². The molecule has 0 unspecified atom stereocenters. The van der Waals surface area contributed by atoms with Crippen LogP contribution < -0.4 is 10.9 Å². The van der Waals surface area contributed by atoms with Crippen molar-refractivity contribution in [2.75, 3.05) is 11.9 Å². The van der Waals surface area contributed by atoms with Crippen molar-refractivity contribution in [3.8, 4) is 0 Å². The molecule has 0 aliphatic heterocycles. The Kier molecular flexibility index (Phi) is 5.39. The third kappa shape index (κ3) is 4.27. The van der Waals surface area contributed by atoms with Crippen LogP contribution in [0.15, 0.2) is 26.5 Å². The van der Waals surface area contributed by atoms with Crippen LogP contribution in [-0.2, 0) is 6.54 Å². The van der Waals surface area contributed by atoms with Gasteiger partial charge in [0.15, 0.2) is 0 Å². The van der Waals surface area contributed by atoms with Crippen LogP contribution in [0.4, 0.5) is 5.69 Å². The summed E-state index contributed by atoms with van der Waals surface area (Å²) in [5, 5.41) is 7.19. The van der Waals surface area contributed by atoms with E-state index in [0.29, 0.717) is 29.2 Å². The highest BCUT2D eigenvalue weighted by Crippen LogP contribution is 2.17. The van der Waals surface area contributed by atoms with Crippen molar-refractivity contribution in [3.05, 3.63) is 32.1 Å². The van der Waals surface area contributed by atoms with E-state index in [0.717, 1.165) is 4.48 Å². The van der Waals surface area contributed by atoms with Gasteiger partial charge in [-0.15, -0.1) is 0 Å². The lowest BCUT2D eigenvalue weighted by atomic mass is 10.2. The number of hydrogen-bond donors (Lipinski definition) is 1. The van der Waals surface area contributed by atoms with Gasteiger partial charge in [0.05, 0.1) is 11.9 Å². The van der Waals surface area contributed by atoms with Crippen molar-refractivity contribution < 1.29 is 0 Å². The molecule has 1 heterocycles. The minimum absolute atomic E-state index is 0.121. The number of nitrogens with zero attached hydrogens (tertiary/aromatic N) is 2. The molecule has 1 aromatic heterocycles. The van der Waals surface area contributed by atoms with Gasteiger partial charge in [-0.1, -0.05) is 36.4 Å². The minimum Gasteiger partial charge on any atom is -0.378 e. The lowest BCUT2D eigenvalue weighted by Gasteiger charge is -2.11. The molecule has 94 valence electrons. The van der Waals surface area contributed by atoms with Gasteiger partial charge in [-0.25, -0.2) is 4.68 Å². The molecule has 0 amide bonds. The second-order valence-electron chi connectivity index (χ2n) is 4.12. The van der Waals surface area contributed by atoms with Gasteiger partial charge in [0, 0.05) is 17.6 Å². The summed E-state index contributed by atoms with van der Waals surface area (Å²) in [6.45, 7) is 8.97. The Morgan fingerprint density at radius 1 is 1.65 bits per heavy atom. The number of nitrogens with one attached hydrogen (secondary N) is 1. The van der Waals surface area contributed by atoms with E-state index < -0.39 is 0 Å². The third-order valence-electron chi connectivity index (χ3n) is 1.99. The molecule has 4 nitrogen and oxygen atoms in total. The highest BCUT2D eigenvalue weighted by Gasteiger charge is 2.09. The van der Waals surface area contributed by atoms with Crippen LogP contribution in [0.5, 0.6) is 0 Å². The first-order valence-corrected chi connectivity index (χ1v) is 6.83. The van der Waals surface area contributed by atoms with Gasteiger partial charge in [0.1, 0.15) is 4.47 Å². The maximum absolute atomic E-state index is 11.9. The Bertz CT molecular complexity index is 468. The highest BCUT2D eigenvalue weighted by atomic mass is 79.9. The van der Waals surface area contributed by atoms with Crippen LogP contribution in [0.25, 0.3) is 0 Å². The summed E-state index contributed by atoms with van der Waals surface area (Å²) < 4.78 is 2.78. The van der Waals surface area contributed by atoms with Crippen molar-refractivity contribution in [1.82, 2.24) is 9.78 Å². The van der Waals surface area contributed by atoms with E-state index in [1.807, 2.05) is 13.8 Å². The van der Waals surface area contributed by atoms with Crippen LogP contribution in [0, 0.1) is 5.92 Å². The summed E-state index contributed by atoms with van der Waals surface area (Å²) in [5.41, 5.74) is 0.555. The van der Waals surface area contributed by atoms with Crippen molar-refractivity contribution in [2.24, 2.45) is 5.92 Å². The zero-order chi connectivity index (χ0) is 13.0. The predicted molar refractivity (Wildman–Crippen MR) is 77.6 cm³/mol. The Morgan fingerprint density at radius 2 is 2.29 bits per heavy atom. The monoisotopic (exact) mass is 363 g/mol. The van der Waals surface area contributed by atoms with Crippen molar-refractivity contribution in [2.45, 2.75) is 20.4 Å². The molecule has 0 saturated carbocycles. The molecule has 0 bridgehead atoms. The maximum Gasteiger partial charge on any atom is 0.283 e. The maximum atomic E-state index is 11.9. The molecule has 0 fully saturated rings. The zero-order valence-corrected chi connectivity index (χ0v) is 13.0. The minimum atomic E-state index is -0.121. The van der Waals surface area contributed by atoms with Crippen LogP contribution in [-0.4, -0.2) is 16.3 Å². The molecule has 0 spiro atoms. The molecular formula is C11H15Br2N3O. The van der Waals surface area contributed by atoms with E-state index in [9.17, 15) is 4.79 Å². The molecule has 0 atom stereocenters. The van der Waals surface area contributed by atoms with Gasteiger partial charge in [-0.3, -0.25) is 4.79 Å². The molecule has 0 radical (unpaired) electrons. The third-order valence-corrected chi connectivity index (χ3v) is 3.04. The van der Waals surface area contributed by atoms with Crippen molar-refractivity contribution >= 4 is 37.5 Å². The predicted octanol–water partition coefficient (Wildman–Crippen LogP) is 2.98. The Labute approximate surface area is 117 Å². The molecule has 0 aliphatic carbocycles. The van der Waals surface area contributed by atoms with E-state index in [-0.39, 0.29) is 5.56 Å². The van der Waals surface area contributed by atoms with E-state index in [1.54, 1.807) is 6.20 Å². The summed E-state index contributed by atoms with van der Waals surface area (Å²) >= 11 is 6.54. The molecule has 1 aromatic rings. The molecular weight excluding hydrogens is 350 g/mol. The van der Waals surface area contributed by atoms with E-state index in [2.05, 4.69) is 48.9 Å². The summed E-state index contributed by atoms with van der Waals surface area (Å²) in [5.74, 6) is 0.383. The fourth-order valence-corrected chi connectivity index (χ4v) is 1.84. The van der Waals surface area contributed by atoms with Crippen molar-refractivity contribution in [1.29, 1.82) is 0 Å². The fraction of sp³-hybridized carbons (Fsp3) is 0.455. The molecule has 17 heavy (non-hydrogen) atoms. The fourth-order valence-electron chi connectivity index (χ4n) is 1.26. The molecule has 6 heteroatoms. The smallest absolute Gasteiger partial charge is 0.283 e. The first-order chi connectivity index (χ1) is 7.91. The lowest BCUT2D eigenvalue weighted by Crippen LogP contribution is -2.26. The summed E-state index contributed by atoms with van der Waals surface area (Å²) in [7, 11) is 0. The summed E-state index contributed by atoms with van der Waals surface area (Å²) in [6, 6.07) is 0. The second-order valence-corrected chi connectivity index (χ2v) is 6.04. The van der Waals surface area contributed by atoms with Crippen molar-refractivity contribution in [3.63, 3.8) is 0 Å². The molecule has 0 saturated heterocycles. The van der Waals surface area contributed by atoms with Gasteiger partial charge in [0.2, 0.25) is 0 Å². The van der Waals surface area contributed by atoms with E-state index >= 15 is 0 Å². The standard InChI is InChI=1S/C11H15Br2N3O/c1-7(2)6-16-11(17)10(13)9(5-15-16)14-4-8(3)12/h5,7,14H,3-4,6H2,1-2H3. The van der Waals surface area contributed by atoms with Gasteiger partial charge < -0.3 is 5.32 Å². The van der Waals surface area contributed by atoms with Crippen LogP contribution in [0.1, 0.15) is 13.8 Å². The lowest BCUT2D eigenvalue weighted by molar-refractivity contribution is 0.462. The Morgan fingerprint density at radius 3 is 2.82 bits per heavy atom. The van der Waals surface area contributed by atoms with Crippen LogP contribution >= 0.6 is 31.9 Å². The topological polar surface area (TPSA) is 46.9 Å². The molecule has 1 N–H and O–H groups in total. The number of anilines is 1. The average Bonchev–Trinajstić information content (AvgIpc) is 2.23. The quantitative estimate of drug-likeness (QED) is 0.873. The number of aromatic nitrogens is 2. The van der Waals surface area contributed by atoms with Gasteiger partial charge in [-0.05, 0) is 21.8 Å². The molecule has 0 aromatic carbocycles. The Balaban J connectivity index is 2.94. The zero-order valence-electron chi connectivity index (χ0n) is 9.83. The van der Waals surface area contributed by atoms with E-state index in [4.69, 9.17) is 0 Å². The average molecular weight is 365 g/mol. The number of halogens is 2. The van der Waals surface area contributed by atoms with Gasteiger partial charge in [-0.2, -0.15) is 5.10 Å². The van der Waals surface area contributed by atoms with Gasteiger partial charge in [0.25, 0.3) is 5.56 Å². The first kappa shape index (κ1) is 14.4. The van der Waals surface area contributed by atoms with Crippen LogP contribution in [0.2, 0.25) is 0 Å². The number of hydrogen-bond acceptors (Lipinski definition) is 3. The van der Waals surface area contributed by atoms with E-state index in [1.165, 1.54) is 4.68 Å². The van der Waals surface area contributed by atoms with Gasteiger partial charge >= 0.3 is 0 Å². The highest BCUT2D eigenvalue weighted by molar-refractivity contribution is 9.11. The second kappa shape index (κ2) is 6.35. The Hall–Kier alpha value is -0.620. The molecule has 0 aliphatic rings. The first-order valence-electron chi connectivity index (χ1n) is 5.24. The summed E-state index contributed by atoms with van der Waals surface area (Å²) in [4.78, 5) is 11.9. The normalized spacial score (nSPS) is 10.6. The number of rotatable bonds is 5.